The number of amides is 1. The van der Waals surface area contributed by atoms with Crippen molar-refractivity contribution in [2.75, 3.05) is 7.05 Å². The van der Waals surface area contributed by atoms with E-state index in [1.807, 2.05) is 37.4 Å². The molecule has 3 nitrogen and oxygen atoms in total. The highest BCUT2D eigenvalue weighted by Crippen LogP contribution is 2.27. The molecule has 21 heavy (non-hydrogen) atoms. The lowest BCUT2D eigenvalue weighted by atomic mass is 10.0. The fourth-order valence-electron chi connectivity index (χ4n) is 2.24. The van der Waals surface area contributed by atoms with E-state index in [-0.39, 0.29) is 18.0 Å². The van der Waals surface area contributed by atoms with E-state index in [0.29, 0.717) is 6.42 Å². The standard InChI is InChI=1S/C17H22N2OS/c1-12-9-10-16(21-12)13(2)19(3)17(20)11-15(18)14-7-5-4-6-8-14/h4-10,13,15H,11,18H2,1-3H3. The van der Waals surface area contributed by atoms with Gasteiger partial charge in [-0.25, -0.2) is 0 Å². The Morgan fingerprint density at radius 2 is 1.90 bits per heavy atom. The SMILES string of the molecule is Cc1ccc(C(C)N(C)C(=O)CC(N)c2ccccc2)s1. The number of hydrogen-bond donors (Lipinski definition) is 1. The van der Waals surface area contributed by atoms with Crippen LogP contribution in [0.4, 0.5) is 0 Å². The predicted molar refractivity (Wildman–Crippen MR) is 88.2 cm³/mol. The van der Waals surface area contributed by atoms with Gasteiger partial charge in [-0.2, -0.15) is 0 Å². The first-order valence-corrected chi connectivity index (χ1v) is 7.93. The molecule has 2 aromatic rings. The molecule has 0 fully saturated rings. The van der Waals surface area contributed by atoms with Gasteiger partial charge in [0.25, 0.3) is 0 Å². The molecule has 0 radical (unpaired) electrons. The zero-order valence-electron chi connectivity index (χ0n) is 12.7. The van der Waals surface area contributed by atoms with Gasteiger partial charge in [0, 0.05) is 29.3 Å². The molecule has 2 unspecified atom stereocenters. The quantitative estimate of drug-likeness (QED) is 0.916. The summed E-state index contributed by atoms with van der Waals surface area (Å²) in [6.07, 6.45) is 0.329. The maximum absolute atomic E-state index is 12.4. The zero-order valence-corrected chi connectivity index (χ0v) is 13.6. The van der Waals surface area contributed by atoms with Crippen molar-refractivity contribution in [1.82, 2.24) is 4.90 Å². The molecule has 112 valence electrons. The van der Waals surface area contributed by atoms with Crippen molar-refractivity contribution in [2.24, 2.45) is 5.73 Å². The maximum atomic E-state index is 12.4. The number of hydrogen-bond acceptors (Lipinski definition) is 3. The normalized spacial score (nSPS) is 13.7. The van der Waals surface area contributed by atoms with E-state index < -0.39 is 0 Å². The van der Waals surface area contributed by atoms with Gasteiger partial charge >= 0.3 is 0 Å². The number of thiophene rings is 1. The Morgan fingerprint density at radius 3 is 2.48 bits per heavy atom. The molecule has 1 aromatic heterocycles. The van der Waals surface area contributed by atoms with Crippen molar-refractivity contribution in [2.45, 2.75) is 32.4 Å². The van der Waals surface area contributed by atoms with E-state index in [9.17, 15) is 4.79 Å². The average molecular weight is 302 g/mol. The summed E-state index contributed by atoms with van der Waals surface area (Å²) in [5.74, 6) is 0.0740. The summed E-state index contributed by atoms with van der Waals surface area (Å²) in [5, 5.41) is 0. The first-order chi connectivity index (χ1) is 9.99. The third-order valence-electron chi connectivity index (χ3n) is 3.77. The number of rotatable bonds is 5. The van der Waals surface area contributed by atoms with Crippen LogP contribution in [0.25, 0.3) is 0 Å². The number of carbonyl (C=O) groups is 1. The highest BCUT2D eigenvalue weighted by atomic mass is 32.1. The molecular weight excluding hydrogens is 280 g/mol. The Hall–Kier alpha value is -1.65. The van der Waals surface area contributed by atoms with Crippen LogP contribution in [0.15, 0.2) is 42.5 Å². The molecule has 0 saturated carbocycles. The molecule has 0 aliphatic heterocycles. The first kappa shape index (κ1) is 15.7. The smallest absolute Gasteiger partial charge is 0.224 e. The van der Waals surface area contributed by atoms with E-state index in [0.717, 1.165) is 5.56 Å². The van der Waals surface area contributed by atoms with Gasteiger partial charge in [-0.15, -0.1) is 11.3 Å². The molecule has 2 N–H and O–H groups in total. The Kier molecular flexibility index (Phi) is 5.15. The van der Waals surface area contributed by atoms with Crippen LogP contribution in [0, 0.1) is 6.92 Å². The fourth-order valence-corrected chi connectivity index (χ4v) is 3.21. The van der Waals surface area contributed by atoms with Crippen molar-refractivity contribution >= 4 is 17.2 Å². The van der Waals surface area contributed by atoms with Gasteiger partial charge in [-0.05, 0) is 31.5 Å². The first-order valence-electron chi connectivity index (χ1n) is 7.11. The third kappa shape index (κ3) is 3.93. The minimum Gasteiger partial charge on any atom is -0.338 e. The van der Waals surface area contributed by atoms with E-state index in [1.54, 1.807) is 16.2 Å². The summed E-state index contributed by atoms with van der Waals surface area (Å²) in [6.45, 7) is 4.13. The van der Waals surface area contributed by atoms with Gasteiger partial charge in [0.05, 0.1) is 6.04 Å². The summed E-state index contributed by atoms with van der Waals surface area (Å²) < 4.78 is 0. The second-order valence-corrected chi connectivity index (χ2v) is 6.67. The van der Waals surface area contributed by atoms with Crippen LogP contribution in [0.5, 0.6) is 0 Å². The monoisotopic (exact) mass is 302 g/mol. The highest BCUT2D eigenvalue weighted by Gasteiger charge is 2.21. The summed E-state index contributed by atoms with van der Waals surface area (Å²) >= 11 is 1.73. The largest absolute Gasteiger partial charge is 0.338 e. The molecule has 0 saturated heterocycles. The lowest BCUT2D eigenvalue weighted by Gasteiger charge is -2.25. The maximum Gasteiger partial charge on any atom is 0.224 e. The number of nitrogens with zero attached hydrogens (tertiary/aromatic N) is 1. The Balaban J connectivity index is 1.99. The van der Waals surface area contributed by atoms with Gasteiger partial charge in [0.15, 0.2) is 0 Å². The molecule has 1 heterocycles. The van der Waals surface area contributed by atoms with Gasteiger partial charge < -0.3 is 10.6 Å². The van der Waals surface area contributed by atoms with Crippen molar-refractivity contribution in [3.05, 3.63) is 57.8 Å². The van der Waals surface area contributed by atoms with Crippen LogP contribution in [0.2, 0.25) is 0 Å². The molecule has 1 amide bonds. The van der Waals surface area contributed by atoms with Crippen molar-refractivity contribution in [3.8, 4) is 0 Å². The number of carbonyl (C=O) groups excluding carboxylic acids is 1. The van der Waals surface area contributed by atoms with E-state index in [4.69, 9.17) is 5.73 Å². The van der Waals surface area contributed by atoms with Crippen LogP contribution < -0.4 is 5.73 Å². The molecule has 0 bridgehead atoms. The number of nitrogens with two attached hydrogens (primary N) is 1. The topological polar surface area (TPSA) is 46.3 Å². The Labute approximate surface area is 130 Å². The average Bonchev–Trinajstić information content (AvgIpc) is 2.93. The molecule has 4 heteroatoms. The van der Waals surface area contributed by atoms with Gasteiger partial charge in [-0.3, -0.25) is 4.79 Å². The summed E-state index contributed by atoms with van der Waals surface area (Å²) in [6, 6.07) is 13.8. The van der Waals surface area contributed by atoms with Crippen LogP contribution in [-0.2, 0) is 4.79 Å². The molecule has 0 aliphatic rings. The van der Waals surface area contributed by atoms with E-state index in [2.05, 4.69) is 26.0 Å². The van der Waals surface area contributed by atoms with Crippen LogP contribution in [0.1, 0.15) is 40.7 Å². The second kappa shape index (κ2) is 6.87. The predicted octanol–water partition coefficient (Wildman–Crippen LogP) is 3.67. The lowest BCUT2D eigenvalue weighted by molar-refractivity contribution is -0.132. The van der Waals surface area contributed by atoms with Crippen molar-refractivity contribution in [1.29, 1.82) is 0 Å². The number of benzene rings is 1. The Morgan fingerprint density at radius 1 is 1.24 bits per heavy atom. The Bertz CT molecular complexity index is 594. The van der Waals surface area contributed by atoms with Crippen molar-refractivity contribution in [3.63, 3.8) is 0 Å². The van der Waals surface area contributed by atoms with E-state index in [1.165, 1.54) is 9.75 Å². The zero-order chi connectivity index (χ0) is 15.4. The van der Waals surface area contributed by atoms with Crippen LogP contribution in [0.3, 0.4) is 0 Å². The van der Waals surface area contributed by atoms with Crippen LogP contribution in [-0.4, -0.2) is 17.9 Å². The molecule has 1 aromatic carbocycles. The lowest BCUT2D eigenvalue weighted by Crippen LogP contribution is -2.31. The summed E-state index contributed by atoms with van der Waals surface area (Å²) in [4.78, 5) is 16.7. The highest BCUT2D eigenvalue weighted by molar-refractivity contribution is 7.12. The van der Waals surface area contributed by atoms with Crippen LogP contribution >= 0.6 is 11.3 Å². The molecule has 2 atom stereocenters. The number of aryl methyl sites for hydroxylation is 1. The van der Waals surface area contributed by atoms with E-state index >= 15 is 0 Å². The van der Waals surface area contributed by atoms with Gasteiger partial charge in [-0.1, -0.05) is 30.3 Å². The third-order valence-corrected chi connectivity index (χ3v) is 4.94. The second-order valence-electron chi connectivity index (χ2n) is 5.35. The van der Waals surface area contributed by atoms with Gasteiger partial charge in [0.2, 0.25) is 5.91 Å². The summed E-state index contributed by atoms with van der Waals surface area (Å²) in [7, 11) is 1.85. The van der Waals surface area contributed by atoms with Crippen molar-refractivity contribution < 1.29 is 4.79 Å². The minimum atomic E-state index is -0.251. The molecule has 2 rings (SSSR count). The van der Waals surface area contributed by atoms with Gasteiger partial charge in [0.1, 0.15) is 0 Å². The minimum absolute atomic E-state index is 0.0740. The molecule has 0 spiro atoms. The molecule has 0 aliphatic carbocycles. The fraction of sp³-hybridized carbons (Fsp3) is 0.353. The molecular formula is C17H22N2OS. The summed E-state index contributed by atoms with van der Waals surface area (Å²) in [5.41, 5.74) is 7.13.